The summed E-state index contributed by atoms with van der Waals surface area (Å²) in [5.74, 6) is 0.682. The first-order valence-electron chi connectivity index (χ1n) is 5.67. The Hall–Kier alpha value is -2.47. The summed E-state index contributed by atoms with van der Waals surface area (Å²) in [7, 11) is 0. The van der Waals surface area contributed by atoms with E-state index in [-0.39, 0.29) is 0 Å². The Morgan fingerprint density at radius 1 is 1.22 bits per heavy atom. The van der Waals surface area contributed by atoms with Crippen molar-refractivity contribution in [1.29, 1.82) is 5.26 Å². The third-order valence-corrected chi connectivity index (χ3v) is 2.77. The van der Waals surface area contributed by atoms with Gasteiger partial charge in [-0.3, -0.25) is 0 Å². The van der Waals surface area contributed by atoms with Crippen LogP contribution in [0.4, 0.5) is 5.69 Å². The molecule has 2 aromatic rings. The van der Waals surface area contributed by atoms with Crippen LogP contribution in [0, 0.1) is 18.3 Å². The molecule has 0 radical (unpaired) electrons. The number of anilines is 1. The van der Waals surface area contributed by atoms with E-state index in [0.717, 1.165) is 11.1 Å². The van der Waals surface area contributed by atoms with Gasteiger partial charge in [0.15, 0.2) is 0 Å². The van der Waals surface area contributed by atoms with Crippen LogP contribution in [-0.2, 0) is 6.61 Å². The van der Waals surface area contributed by atoms with Crippen molar-refractivity contribution in [3.05, 3.63) is 59.2 Å². The lowest BCUT2D eigenvalue weighted by atomic mass is 10.1. The molecule has 0 aliphatic heterocycles. The Kier molecular flexibility index (Phi) is 3.49. The van der Waals surface area contributed by atoms with Crippen LogP contribution in [0.15, 0.2) is 42.5 Å². The van der Waals surface area contributed by atoms with Crippen molar-refractivity contribution in [2.75, 3.05) is 5.73 Å². The Labute approximate surface area is 106 Å². The van der Waals surface area contributed by atoms with Crippen molar-refractivity contribution in [3.8, 4) is 11.8 Å². The number of nitrogen functional groups attached to an aromatic ring is 1. The number of nitriles is 1. The van der Waals surface area contributed by atoms with Gasteiger partial charge in [-0.05, 0) is 42.3 Å². The van der Waals surface area contributed by atoms with Crippen molar-refractivity contribution in [2.45, 2.75) is 13.5 Å². The highest BCUT2D eigenvalue weighted by Crippen LogP contribution is 2.22. The van der Waals surface area contributed by atoms with Gasteiger partial charge in [-0.15, -0.1) is 0 Å². The summed E-state index contributed by atoms with van der Waals surface area (Å²) >= 11 is 0. The van der Waals surface area contributed by atoms with Crippen LogP contribution in [0.2, 0.25) is 0 Å². The second-order valence-electron chi connectivity index (χ2n) is 4.08. The number of benzene rings is 2. The van der Waals surface area contributed by atoms with Gasteiger partial charge in [0.1, 0.15) is 12.4 Å². The van der Waals surface area contributed by atoms with Gasteiger partial charge in [-0.25, -0.2) is 0 Å². The van der Waals surface area contributed by atoms with Crippen LogP contribution < -0.4 is 10.5 Å². The van der Waals surface area contributed by atoms with Gasteiger partial charge in [-0.2, -0.15) is 5.26 Å². The maximum absolute atomic E-state index is 8.80. The van der Waals surface area contributed by atoms with Crippen LogP contribution in [0.25, 0.3) is 0 Å². The molecule has 90 valence electrons. The van der Waals surface area contributed by atoms with Crippen molar-refractivity contribution in [1.82, 2.24) is 0 Å². The summed E-state index contributed by atoms with van der Waals surface area (Å²) in [6.07, 6.45) is 0. The molecule has 0 aromatic heterocycles. The summed E-state index contributed by atoms with van der Waals surface area (Å²) in [5, 5.41) is 8.80. The van der Waals surface area contributed by atoms with Gasteiger partial charge in [-0.1, -0.05) is 18.2 Å². The van der Waals surface area contributed by atoms with E-state index in [2.05, 4.69) is 6.07 Å². The molecule has 0 atom stereocenters. The maximum atomic E-state index is 8.80. The predicted octanol–water partition coefficient (Wildman–Crippen LogP) is 3.03. The molecule has 0 saturated carbocycles. The Morgan fingerprint density at radius 3 is 2.67 bits per heavy atom. The van der Waals surface area contributed by atoms with E-state index in [1.54, 1.807) is 12.1 Å². The van der Waals surface area contributed by atoms with Crippen LogP contribution in [0.1, 0.15) is 16.7 Å². The summed E-state index contributed by atoms with van der Waals surface area (Å²) < 4.78 is 5.67. The molecule has 2 rings (SSSR count). The molecular weight excluding hydrogens is 224 g/mol. The highest BCUT2D eigenvalue weighted by molar-refractivity contribution is 5.51. The first-order valence-corrected chi connectivity index (χ1v) is 5.67. The van der Waals surface area contributed by atoms with Crippen molar-refractivity contribution < 1.29 is 4.74 Å². The Balaban J connectivity index is 2.12. The predicted molar refractivity (Wildman–Crippen MR) is 71.1 cm³/mol. The lowest BCUT2D eigenvalue weighted by Gasteiger charge is -2.10. The topological polar surface area (TPSA) is 59.0 Å². The lowest BCUT2D eigenvalue weighted by molar-refractivity contribution is 0.307. The molecule has 3 nitrogen and oxygen atoms in total. The SMILES string of the molecule is Cc1cc(C#N)ccc1COc1ccccc1N. The standard InChI is InChI=1S/C15H14N2O/c1-11-8-12(9-16)6-7-13(11)10-18-15-5-3-2-4-14(15)17/h2-8H,10,17H2,1H3. The Morgan fingerprint density at radius 2 is 2.00 bits per heavy atom. The van der Waals surface area contributed by atoms with Crippen molar-refractivity contribution >= 4 is 5.69 Å². The Bertz CT molecular complexity index is 600. The van der Waals surface area contributed by atoms with Crippen LogP contribution >= 0.6 is 0 Å². The molecule has 0 bridgehead atoms. The van der Waals surface area contributed by atoms with Gasteiger partial charge in [0.05, 0.1) is 17.3 Å². The summed E-state index contributed by atoms with van der Waals surface area (Å²) in [5.41, 5.74) is 9.19. The zero-order valence-corrected chi connectivity index (χ0v) is 10.2. The molecule has 0 fully saturated rings. The average Bonchev–Trinajstić information content (AvgIpc) is 2.39. The quantitative estimate of drug-likeness (QED) is 0.836. The summed E-state index contributed by atoms with van der Waals surface area (Å²) in [6.45, 7) is 2.42. The zero-order chi connectivity index (χ0) is 13.0. The van der Waals surface area contributed by atoms with Gasteiger partial charge in [0.2, 0.25) is 0 Å². The molecule has 0 aliphatic carbocycles. The highest BCUT2D eigenvalue weighted by Gasteiger charge is 2.03. The number of nitrogens with two attached hydrogens (primary N) is 1. The average molecular weight is 238 g/mol. The van der Waals surface area contributed by atoms with Gasteiger partial charge < -0.3 is 10.5 Å². The second-order valence-corrected chi connectivity index (χ2v) is 4.08. The minimum atomic E-state index is 0.450. The first kappa shape index (κ1) is 12.0. The van der Waals surface area contributed by atoms with Crippen LogP contribution in [0.5, 0.6) is 5.75 Å². The van der Waals surface area contributed by atoms with Crippen LogP contribution in [-0.4, -0.2) is 0 Å². The number of rotatable bonds is 3. The lowest BCUT2D eigenvalue weighted by Crippen LogP contribution is -2.00. The number of nitrogens with zero attached hydrogens (tertiary/aromatic N) is 1. The molecule has 0 unspecified atom stereocenters. The fourth-order valence-corrected chi connectivity index (χ4v) is 1.69. The highest BCUT2D eigenvalue weighted by atomic mass is 16.5. The number of hydrogen-bond acceptors (Lipinski definition) is 3. The molecule has 0 spiro atoms. The van der Waals surface area contributed by atoms with E-state index in [4.69, 9.17) is 15.7 Å². The van der Waals surface area contributed by atoms with Gasteiger partial charge in [0.25, 0.3) is 0 Å². The summed E-state index contributed by atoms with van der Waals surface area (Å²) in [4.78, 5) is 0. The number of aryl methyl sites for hydroxylation is 1. The van der Waals surface area contributed by atoms with E-state index >= 15 is 0 Å². The van der Waals surface area contributed by atoms with E-state index in [0.29, 0.717) is 23.6 Å². The minimum absolute atomic E-state index is 0.450. The molecule has 18 heavy (non-hydrogen) atoms. The number of ether oxygens (including phenoxy) is 1. The second kappa shape index (κ2) is 5.24. The molecule has 3 heteroatoms. The maximum Gasteiger partial charge on any atom is 0.142 e. The van der Waals surface area contributed by atoms with E-state index in [1.165, 1.54) is 0 Å². The molecule has 0 aliphatic rings. The third kappa shape index (κ3) is 2.61. The molecular formula is C15H14N2O. The third-order valence-electron chi connectivity index (χ3n) is 2.77. The van der Waals surface area contributed by atoms with E-state index in [9.17, 15) is 0 Å². The fourth-order valence-electron chi connectivity index (χ4n) is 1.69. The largest absolute Gasteiger partial charge is 0.487 e. The van der Waals surface area contributed by atoms with Crippen LogP contribution in [0.3, 0.4) is 0 Å². The van der Waals surface area contributed by atoms with E-state index in [1.807, 2.05) is 37.3 Å². The molecule has 2 N–H and O–H groups in total. The van der Waals surface area contributed by atoms with Crippen molar-refractivity contribution in [2.24, 2.45) is 0 Å². The number of para-hydroxylation sites is 2. The van der Waals surface area contributed by atoms with Gasteiger partial charge >= 0.3 is 0 Å². The number of hydrogen-bond donors (Lipinski definition) is 1. The molecule has 0 amide bonds. The zero-order valence-electron chi connectivity index (χ0n) is 10.2. The van der Waals surface area contributed by atoms with Crippen molar-refractivity contribution in [3.63, 3.8) is 0 Å². The molecule has 0 saturated heterocycles. The van der Waals surface area contributed by atoms with Gasteiger partial charge in [0, 0.05) is 0 Å². The fraction of sp³-hybridized carbons (Fsp3) is 0.133. The van der Waals surface area contributed by atoms with E-state index < -0.39 is 0 Å². The molecule has 2 aromatic carbocycles. The molecule has 0 heterocycles. The monoisotopic (exact) mass is 238 g/mol. The minimum Gasteiger partial charge on any atom is -0.487 e. The smallest absolute Gasteiger partial charge is 0.142 e. The first-order chi connectivity index (χ1) is 8.70. The normalized spacial score (nSPS) is 9.78. The summed E-state index contributed by atoms with van der Waals surface area (Å²) in [6, 6.07) is 15.1.